The van der Waals surface area contributed by atoms with Crippen molar-refractivity contribution in [3.63, 3.8) is 0 Å². The van der Waals surface area contributed by atoms with Crippen LogP contribution in [0.15, 0.2) is 23.0 Å². The minimum atomic E-state index is -0.681. The Morgan fingerprint density at radius 2 is 1.77 bits per heavy atom. The van der Waals surface area contributed by atoms with Crippen molar-refractivity contribution in [3.05, 3.63) is 34.2 Å². The molecule has 1 N–H and O–H groups in total. The first kappa shape index (κ1) is 27.4. The summed E-state index contributed by atoms with van der Waals surface area (Å²) in [5, 5.41) is 2.34. The highest BCUT2D eigenvalue weighted by molar-refractivity contribution is 6.00. The number of piperazine rings is 1. The number of fused-ring (bicyclic) bond motifs is 1. The van der Waals surface area contributed by atoms with E-state index in [1.807, 2.05) is 39.0 Å². The van der Waals surface area contributed by atoms with Crippen LogP contribution in [0.4, 0.5) is 4.79 Å². The van der Waals surface area contributed by atoms with Crippen molar-refractivity contribution in [1.29, 1.82) is 0 Å². The van der Waals surface area contributed by atoms with E-state index < -0.39 is 17.6 Å². The molecule has 3 fully saturated rings. The van der Waals surface area contributed by atoms with E-state index >= 15 is 0 Å². The van der Waals surface area contributed by atoms with Crippen molar-refractivity contribution < 1.29 is 23.9 Å². The second-order valence-corrected chi connectivity index (χ2v) is 11.9. The van der Waals surface area contributed by atoms with Gasteiger partial charge in [0, 0.05) is 45.7 Å². The number of hydrogen-bond acceptors (Lipinski definition) is 7. The smallest absolute Gasteiger partial charge is 0.410 e. The quantitative estimate of drug-likeness (QED) is 0.556. The lowest BCUT2D eigenvalue weighted by Crippen LogP contribution is -2.57. The second kappa shape index (κ2) is 10.8. The maximum absolute atomic E-state index is 12.9. The summed E-state index contributed by atoms with van der Waals surface area (Å²) in [6, 6.07) is 5.65. The van der Waals surface area contributed by atoms with Crippen molar-refractivity contribution >= 4 is 28.9 Å². The summed E-state index contributed by atoms with van der Waals surface area (Å²) < 4.78 is 14.7. The molecule has 11 heteroatoms. The van der Waals surface area contributed by atoms with Gasteiger partial charge in [-0.15, -0.1) is 0 Å². The first-order chi connectivity index (χ1) is 18.5. The molecule has 0 spiro atoms. The summed E-state index contributed by atoms with van der Waals surface area (Å²) in [4.78, 5) is 53.4. The standard InChI is InChI=1S/C28H39N5O6/c1-28(2,3)39-27(37)32-12-10-31(11-13-32)19-16-20(17-19)38-14-9-18-5-6-21-23(15-18)30(4)26(36)33(21)22-7-8-24(34)29-25(22)35/h5-6,15,19-20,22H,7-14,16-17H2,1-4H3,(H,29,34,35)/t19-,20-,22?. The molecule has 2 aliphatic heterocycles. The van der Waals surface area contributed by atoms with Crippen LogP contribution in [0, 0.1) is 0 Å². The van der Waals surface area contributed by atoms with Gasteiger partial charge in [-0.2, -0.15) is 0 Å². The number of hydrogen-bond donors (Lipinski definition) is 1. The molecule has 1 unspecified atom stereocenters. The van der Waals surface area contributed by atoms with Crippen LogP contribution < -0.4 is 11.0 Å². The van der Waals surface area contributed by atoms with Gasteiger partial charge in [-0.05, 0) is 64.2 Å². The van der Waals surface area contributed by atoms with E-state index in [4.69, 9.17) is 9.47 Å². The van der Waals surface area contributed by atoms with Crippen LogP contribution in [0.1, 0.15) is 58.1 Å². The number of ether oxygens (including phenoxy) is 2. The maximum Gasteiger partial charge on any atom is 0.410 e. The molecule has 2 aromatic rings. The summed E-state index contributed by atoms with van der Waals surface area (Å²) in [6.45, 7) is 9.34. The van der Waals surface area contributed by atoms with Gasteiger partial charge in [-0.25, -0.2) is 9.59 Å². The molecule has 3 amide bonds. The van der Waals surface area contributed by atoms with Gasteiger partial charge in [0.05, 0.1) is 23.7 Å². The summed E-state index contributed by atoms with van der Waals surface area (Å²) in [5.74, 6) is -0.729. The highest BCUT2D eigenvalue weighted by Crippen LogP contribution is 2.30. The molecule has 0 radical (unpaired) electrons. The number of imide groups is 1. The zero-order valence-corrected chi connectivity index (χ0v) is 23.3. The Balaban J connectivity index is 1.09. The number of carbonyl (C=O) groups excluding carboxylic acids is 3. The Morgan fingerprint density at radius 1 is 1.05 bits per heavy atom. The van der Waals surface area contributed by atoms with Gasteiger partial charge in [-0.3, -0.25) is 28.9 Å². The highest BCUT2D eigenvalue weighted by Gasteiger charge is 2.37. The Kier molecular flexibility index (Phi) is 7.56. The highest BCUT2D eigenvalue weighted by atomic mass is 16.6. The van der Waals surface area contributed by atoms with Crippen LogP contribution in [0.5, 0.6) is 0 Å². The van der Waals surface area contributed by atoms with Crippen molar-refractivity contribution in [1.82, 2.24) is 24.3 Å². The predicted octanol–water partition coefficient (Wildman–Crippen LogP) is 1.96. The van der Waals surface area contributed by atoms with Crippen molar-refractivity contribution in [2.24, 2.45) is 7.05 Å². The van der Waals surface area contributed by atoms with Crippen LogP contribution >= 0.6 is 0 Å². The third-order valence-electron chi connectivity index (χ3n) is 7.97. The molecule has 3 heterocycles. The van der Waals surface area contributed by atoms with Gasteiger partial charge < -0.3 is 14.4 Å². The molecule has 1 aromatic heterocycles. The lowest BCUT2D eigenvalue weighted by Gasteiger charge is -2.46. The summed E-state index contributed by atoms with van der Waals surface area (Å²) >= 11 is 0. The summed E-state index contributed by atoms with van der Waals surface area (Å²) in [6.07, 6.45) is 3.26. The topological polar surface area (TPSA) is 115 Å². The molecule has 1 saturated carbocycles. The molecular weight excluding hydrogens is 502 g/mol. The fourth-order valence-electron chi connectivity index (χ4n) is 5.71. The molecule has 1 aliphatic carbocycles. The molecule has 212 valence electrons. The minimum absolute atomic E-state index is 0.221. The van der Waals surface area contributed by atoms with E-state index in [1.54, 1.807) is 16.5 Å². The molecule has 39 heavy (non-hydrogen) atoms. The molecule has 2 saturated heterocycles. The van der Waals surface area contributed by atoms with E-state index in [0.717, 1.165) is 43.4 Å². The number of nitrogens with one attached hydrogen (secondary N) is 1. The molecule has 1 atom stereocenters. The average Bonchev–Trinajstić information content (AvgIpc) is 3.09. The third kappa shape index (κ3) is 5.89. The van der Waals surface area contributed by atoms with E-state index in [-0.39, 0.29) is 30.2 Å². The van der Waals surface area contributed by atoms with Crippen molar-refractivity contribution in [3.8, 4) is 0 Å². The lowest BCUT2D eigenvalue weighted by molar-refractivity contribution is -0.135. The number of amides is 3. The predicted molar refractivity (Wildman–Crippen MR) is 144 cm³/mol. The lowest BCUT2D eigenvalue weighted by atomic mass is 9.87. The number of carbonyl (C=O) groups is 3. The van der Waals surface area contributed by atoms with E-state index in [1.165, 1.54) is 4.57 Å². The Morgan fingerprint density at radius 3 is 2.44 bits per heavy atom. The molecular formula is C28H39N5O6. The van der Waals surface area contributed by atoms with Gasteiger partial charge >= 0.3 is 11.8 Å². The Labute approximate surface area is 228 Å². The number of aryl methyl sites for hydroxylation is 1. The van der Waals surface area contributed by atoms with E-state index in [0.29, 0.717) is 37.7 Å². The van der Waals surface area contributed by atoms with Crippen molar-refractivity contribution in [2.45, 2.75) is 76.7 Å². The Bertz CT molecular complexity index is 1310. The van der Waals surface area contributed by atoms with Gasteiger partial charge in [-0.1, -0.05) is 6.07 Å². The number of piperidine rings is 1. The first-order valence-corrected chi connectivity index (χ1v) is 13.9. The Hall–Kier alpha value is -3.18. The number of aromatic nitrogens is 2. The SMILES string of the molecule is Cn1c(=O)n(C2CCC(=O)NC2=O)c2ccc(CCO[C@H]3C[C@H](N4CCN(C(=O)OC(C)(C)C)CC4)C3)cc21. The molecule has 5 rings (SSSR count). The monoisotopic (exact) mass is 541 g/mol. The summed E-state index contributed by atoms with van der Waals surface area (Å²) in [5.41, 5.74) is 1.77. The zero-order chi connectivity index (χ0) is 27.9. The van der Waals surface area contributed by atoms with Crippen LogP contribution in [-0.2, 0) is 32.5 Å². The van der Waals surface area contributed by atoms with Gasteiger partial charge in [0.25, 0.3) is 0 Å². The number of nitrogens with zero attached hydrogens (tertiary/aromatic N) is 4. The number of imidazole rings is 1. The molecule has 3 aliphatic rings. The van der Waals surface area contributed by atoms with Crippen LogP contribution in [-0.4, -0.2) is 87.4 Å². The summed E-state index contributed by atoms with van der Waals surface area (Å²) in [7, 11) is 1.70. The van der Waals surface area contributed by atoms with Crippen LogP contribution in [0.2, 0.25) is 0 Å². The first-order valence-electron chi connectivity index (χ1n) is 13.9. The average molecular weight is 542 g/mol. The molecule has 11 nitrogen and oxygen atoms in total. The van der Waals surface area contributed by atoms with Gasteiger partial charge in [0.2, 0.25) is 11.8 Å². The maximum atomic E-state index is 12.9. The minimum Gasteiger partial charge on any atom is -0.444 e. The number of rotatable bonds is 6. The normalized spacial score (nSPS) is 24.5. The third-order valence-corrected chi connectivity index (χ3v) is 7.97. The zero-order valence-electron chi connectivity index (χ0n) is 23.3. The van der Waals surface area contributed by atoms with Gasteiger partial charge in [0.1, 0.15) is 11.6 Å². The molecule has 1 aromatic carbocycles. The van der Waals surface area contributed by atoms with E-state index in [2.05, 4.69) is 10.2 Å². The fourth-order valence-corrected chi connectivity index (χ4v) is 5.71. The second-order valence-electron chi connectivity index (χ2n) is 11.9. The van der Waals surface area contributed by atoms with Crippen LogP contribution in [0.25, 0.3) is 11.0 Å². The number of benzene rings is 1. The van der Waals surface area contributed by atoms with Crippen molar-refractivity contribution in [2.75, 3.05) is 32.8 Å². The molecule has 0 bridgehead atoms. The van der Waals surface area contributed by atoms with Crippen LogP contribution in [0.3, 0.4) is 0 Å². The van der Waals surface area contributed by atoms with E-state index in [9.17, 15) is 19.2 Å². The fraction of sp³-hybridized carbons (Fsp3) is 0.643. The van der Waals surface area contributed by atoms with Gasteiger partial charge in [0.15, 0.2) is 0 Å². The largest absolute Gasteiger partial charge is 0.444 e.